The van der Waals surface area contributed by atoms with Crippen LogP contribution in [0.5, 0.6) is 11.5 Å². The lowest BCUT2D eigenvalue weighted by atomic mass is 10.1. The number of rotatable bonds is 4. The molecule has 0 saturated heterocycles. The molecule has 0 heterocycles. The topological polar surface area (TPSA) is 58.9 Å². The second-order valence-corrected chi connectivity index (χ2v) is 3.03. The Labute approximate surface area is 95.8 Å². The fourth-order valence-corrected chi connectivity index (χ4v) is 1.21. The zero-order valence-corrected chi connectivity index (χ0v) is 8.86. The maximum absolute atomic E-state index is 12.6. The number of ether oxygens (including phenoxy) is 1. The molecule has 0 aliphatic rings. The molecule has 0 fully saturated rings. The third kappa shape index (κ3) is 3.83. The van der Waals surface area contributed by atoms with Gasteiger partial charge < -0.3 is 19.4 Å². The van der Waals surface area contributed by atoms with E-state index in [0.717, 1.165) is 12.1 Å². The molecule has 0 bridgehead atoms. The predicted molar refractivity (Wildman–Crippen MR) is 53.4 cm³/mol. The van der Waals surface area contributed by atoms with Gasteiger partial charge in [0.15, 0.2) is 0 Å². The first-order valence-electron chi connectivity index (χ1n) is 4.71. The molecule has 1 aromatic carbocycles. The van der Waals surface area contributed by atoms with Crippen molar-refractivity contribution in [1.29, 1.82) is 0 Å². The van der Waals surface area contributed by atoms with Crippen LogP contribution in [0.15, 0.2) is 18.2 Å². The van der Waals surface area contributed by atoms with Crippen LogP contribution in [0.25, 0.3) is 0 Å². The van der Waals surface area contributed by atoms with Crippen LogP contribution in [0.4, 0.5) is 13.2 Å². The van der Waals surface area contributed by atoms with Gasteiger partial charge in [0, 0.05) is 0 Å². The largest absolute Gasteiger partial charge is 0.707 e. The molecule has 0 amide bonds. The molecule has 17 heavy (non-hydrogen) atoms. The van der Waals surface area contributed by atoms with E-state index >= 15 is 0 Å². The highest BCUT2D eigenvalue weighted by Gasteiger charge is 2.35. The van der Waals surface area contributed by atoms with Crippen molar-refractivity contribution in [2.75, 3.05) is 6.61 Å². The number of hydrogen-bond acceptors (Lipinski definition) is 4. The summed E-state index contributed by atoms with van der Waals surface area (Å²) in [7, 11) is -2.17. The van der Waals surface area contributed by atoms with Gasteiger partial charge in [0.25, 0.3) is 0 Å². The molecule has 0 unspecified atom stereocenters. The zero-order chi connectivity index (χ0) is 13.1. The molecule has 8 heteroatoms. The molecular formula is C9H10BF3O4. The minimum absolute atomic E-state index is 0.0892. The zero-order valence-electron chi connectivity index (χ0n) is 8.86. The van der Waals surface area contributed by atoms with Gasteiger partial charge in [0.05, 0.1) is 6.61 Å². The van der Waals surface area contributed by atoms with Crippen molar-refractivity contribution in [2.45, 2.75) is 13.1 Å². The lowest BCUT2D eigenvalue weighted by Crippen LogP contribution is -2.21. The Hall–Kier alpha value is -1.41. The number of halogens is 3. The van der Waals surface area contributed by atoms with Crippen LogP contribution < -0.4 is 9.39 Å². The Bertz CT molecular complexity index is 381. The van der Waals surface area contributed by atoms with E-state index in [2.05, 4.69) is 4.65 Å². The second-order valence-electron chi connectivity index (χ2n) is 3.03. The smallest absolute Gasteiger partial charge is 0.512 e. The molecule has 1 rings (SSSR count). The second kappa shape index (κ2) is 5.28. The standard InChI is InChI=1S/C9H10BF3O4/c1-2-16-8-4-3-6(17-10(14)15)5-7(8)9(11,12)13/h3-5,14-15H,2H2,1H3. The van der Waals surface area contributed by atoms with Crippen LogP contribution in [0.1, 0.15) is 12.5 Å². The maximum Gasteiger partial charge on any atom is 0.707 e. The highest BCUT2D eigenvalue weighted by molar-refractivity contribution is 6.33. The first-order valence-corrected chi connectivity index (χ1v) is 4.71. The van der Waals surface area contributed by atoms with Gasteiger partial charge in [-0.2, -0.15) is 13.2 Å². The van der Waals surface area contributed by atoms with Gasteiger partial charge in [0.2, 0.25) is 0 Å². The lowest BCUT2D eigenvalue weighted by Gasteiger charge is -2.14. The Morgan fingerprint density at radius 2 is 1.94 bits per heavy atom. The summed E-state index contributed by atoms with van der Waals surface area (Å²) in [5, 5.41) is 17.0. The van der Waals surface area contributed by atoms with Gasteiger partial charge in [-0.15, -0.1) is 0 Å². The maximum atomic E-state index is 12.6. The van der Waals surface area contributed by atoms with Crippen LogP contribution >= 0.6 is 0 Å². The summed E-state index contributed by atoms with van der Waals surface area (Å²) >= 11 is 0. The van der Waals surface area contributed by atoms with Crippen LogP contribution in [0, 0.1) is 0 Å². The van der Waals surface area contributed by atoms with E-state index in [0.29, 0.717) is 6.07 Å². The van der Waals surface area contributed by atoms with Crippen LogP contribution in [-0.4, -0.2) is 24.0 Å². The molecule has 4 nitrogen and oxygen atoms in total. The average Bonchev–Trinajstić information content (AvgIpc) is 2.18. The summed E-state index contributed by atoms with van der Waals surface area (Å²) in [6.45, 7) is 1.65. The average molecular weight is 250 g/mol. The molecule has 1 aromatic rings. The van der Waals surface area contributed by atoms with Gasteiger partial charge in [-0.3, -0.25) is 0 Å². The van der Waals surface area contributed by atoms with Crippen molar-refractivity contribution < 1.29 is 32.6 Å². The van der Waals surface area contributed by atoms with Gasteiger partial charge >= 0.3 is 13.5 Å². The van der Waals surface area contributed by atoms with E-state index in [9.17, 15) is 13.2 Å². The van der Waals surface area contributed by atoms with Gasteiger partial charge in [-0.1, -0.05) is 0 Å². The molecule has 94 valence electrons. The Balaban J connectivity index is 3.10. The van der Waals surface area contributed by atoms with Crippen LogP contribution in [0.3, 0.4) is 0 Å². The van der Waals surface area contributed by atoms with E-state index in [1.165, 1.54) is 0 Å². The summed E-state index contributed by atoms with van der Waals surface area (Å²) < 4.78 is 47.0. The summed E-state index contributed by atoms with van der Waals surface area (Å²) in [5.74, 6) is -0.643. The van der Waals surface area contributed by atoms with E-state index in [1.54, 1.807) is 6.92 Å². The molecule has 0 aromatic heterocycles. The molecule has 0 aliphatic heterocycles. The SMILES string of the molecule is CCOc1ccc(OB(O)O)cc1C(F)(F)F. The quantitative estimate of drug-likeness (QED) is 0.794. The predicted octanol–water partition coefficient (Wildman–Crippen LogP) is 1.45. The molecule has 0 aliphatic carbocycles. The first-order chi connectivity index (χ1) is 7.84. The van der Waals surface area contributed by atoms with Crippen LogP contribution in [-0.2, 0) is 6.18 Å². The summed E-state index contributed by atoms with van der Waals surface area (Å²) in [6.07, 6.45) is -4.61. The first kappa shape index (κ1) is 13.7. The number of benzene rings is 1. The van der Waals surface area contributed by atoms with Gasteiger partial charge in [0.1, 0.15) is 17.1 Å². The normalized spacial score (nSPS) is 11.2. The van der Waals surface area contributed by atoms with Crippen molar-refractivity contribution in [2.24, 2.45) is 0 Å². The van der Waals surface area contributed by atoms with Crippen molar-refractivity contribution in [3.05, 3.63) is 23.8 Å². The van der Waals surface area contributed by atoms with Crippen molar-refractivity contribution in [3.63, 3.8) is 0 Å². The van der Waals surface area contributed by atoms with Crippen molar-refractivity contribution in [1.82, 2.24) is 0 Å². The van der Waals surface area contributed by atoms with E-state index in [4.69, 9.17) is 14.8 Å². The Morgan fingerprint density at radius 3 is 2.41 bits per heavy atom. The molecular weight excluding hydrogens is 240 g/mol. The summed E-state index contributed by atoms with van der Waals surface area (Å²) in [6, 6.07) is 2.86. The number of alkyl halides is 3. The van der Waals surface area contributed by atoms with E-state index in [1.807, 2.05) is 0 Å². The van der Waals surface area contributed by atoms with Crippen molar-refractivity contribution >= 4 is 7.32 Å². The highest BCUT2D eigenvalue weighted by atomic mass is 19.4. The fourth-order valence-electron chi connectivity index (χ4n) is 1.21. The molecule has 0 atom stereocenters. The third-order valence-corrected chi connectivity index (χ3v) is 1.80. The van der Waals surface area contributed by atoms with E-state index in [-0.39, 0.29) is 18.1 Å². The van der Waals surface area contributed by atoms with Gasteiger partial charge in [-0.05, 0) is 25.1 Å². The van der Waals surface area contributed by atoms with E-state index < -0.39 is 19.1 Å². The molecule has 0 spiro atoms. The fraction of sp³-hybridized carbons (Fsp3) is 0.333. The van der Waals surface area contributed by atoms with Gasteiger partial charge in [-0.25, -0.2) is 0 Å². The minimum atomic E-state index is -4.61. The Morgan fingerprint density at radius 1 is 1.29 bits per heavy atom. The minimum Gasteiger partial charge on any atom is -0.512 e. The molecule has 0 saturated carbocycles. The monoisotopic (exact) mass is 250 g/mol. The lowest BCUT2D eigenvalue weighted by molar-refractivity contribution is -0.139. The van der Waals surface area contributed by atoms with Crippen LogP contribution in [0.2, 0.25) is 0 Å². The highest BCUT2D eigenvalue weighted by Crippen LogP contribution is 2.38. The summed E-state index contributed by atoms with van der Waals surface area (Å²) in [5.41, 5.74) is -1.03. The van der Waals surface area contributed by atoms with Crippen molar-refractivity contribution in [3.8, 4) is 11.5 Å². The molecule has 2 N–H and O–H groups in total. The number of hydrogen-bond donors (Lipinski definition) is 2. The summed E-state index contributed by atoms with van der Waals surface area (Å²) in [4.78, 5) is 0. The Kier molecular flexibility index (Phi) is 4.25. The molecule has 0 radical (unpaired) electrons. The third-order valence-electron chi connectivity index (χ3n) is 1.80.